The lowest BCUT2D eigenvalue weighted by molar-refractivity contribution is 0.105. The Bertz CT molecular complexity index is 772. The lowest BCUT2D eigenvalue weighted by Gasteiger charge is -2.30. The quantitative estimate of drug-likeness (QED) is 0.190. The minimum absolute atomic E-state index is 0. The standard InChI is InChI=1S/C24H37N5O.HI/c1-3-26-23(28-19-24(10-5-6-11-24)12-15-30-4-2)27-17-21-8-7-9-22(16-21)18-29-14-13-25-20-29;/h7-9,13-14,16,20H,3-6,10-12,15,17-19H2,1-2H3,(H2,26,27,28);1H. The van der Waals surface area contributed by atoms with Crippen LogP contribution in [0.3, 0.4) is 0 Å². The fourth-order valence-corrected chi connectivity index (χ4v) is 4.27. The first-order valence-corrected chi connectivity index (χ1v) is 11.4. The summed E-state index contributed by atoms with van der Waals surface area (Å²) in [5.74, 6) is 0.903. The minimum atomic E-state index is 0. The molecule has 0 atom stereocenters. The van der Waals surface area contributed by atoms with Crippen LogP contribution in [-0.2, 0) is 17.8 Å². The molecule has 172 valence electrons. The van der Waals surface area contributed by atoms with Crippen molar-refractivity contribution in [3.8, 4) is 0 Å². The van der Waals surface area contributed by atoms with Gasteiger partial charge in [-0.3, -0.25) is 0 Å². The van der Waals surface area contributed by atoms with Gasteiger partial charge in [-0.1, -0.05) is 37.1 Å². The number of nitrogens with one attached hydrogen (secondary N) is 2. The lowest BCUT2D eigenvalue weighted by atomic mass is 9.83. The third kappa shape index (κ3) is 8.44. The number of hydrogen-bond donors (Lipinski definition) is 2. The summed E-state index contributed by atoms with van der Waals surface area (Å²) in [6.07, 6.45) is 12.0. The van der Waals surface area contributed by atoms with Gasteiger partial charge in [0.15, 0.2) is 5.96 Å². The smallest absolute Gasteiger partial charge is 0.191 e. The van der Waals surface area contributed by atoms with Gasteiger partial charge in [-0.05, 0) is 49.7 Å². The van der Waals surface area contributed by atoms with Gasteiger partial charge in [-0.15, -0.1) is 24.0 Å². The van der Waals surface area contributed by atoms with E-state index in [-0.39, 0.29) is 24.0 Å². The van der Waals surface area contributed by atoms with Crippen LogP contribution in [0.15, 0.2) is 48.0 Å². The number of aromatic nitrogens is 2. The number of rotatable bonds is 11. The maximum Gasteiger partial charge on any atom is 0.191 e. The molecule has 2 N–H and O–H groups in total. The van der Waals surface area contributed by atoms with E-state index >= 15 is 0 Å². The van der Waals surface area contributed by atoms with Gasteiger partial charge in [-0.25, -0.2) is 9.98 Å². The Kier molecular flexibility index (Phi) is 11.4. The molecule has 2 aromatic rings. The van der Waals surface area contributed by atoms with Gasteiger partial charge in [0.1, 0.15) is 0 Å². The zero-order chi connectivity index (χ0) is 21.1. The highest BCUT2D eigenvalue weighted by Gasteiger charge is 2.33. The molecule has 0 radical (unpaired) electrons. The molecule has 1 aliphatic rings. The molecule has 0 spiro atoms. The fraction of sp³-hybridized carbons (Fsp3) is 0.583. The van der Waals surface area contributed by atoms with E-state index in [1.807, 2.05) is 18.7 Å². The lowest BCUT2D eigenvalue weighted by Crippen LogP contribution is -2.43. The minimum Gasteiger partial charge on any atom is -0.382 e. The van der Waals surface area contributed by atoms with E-state index in [4.69, 9.17) is 9.73 Å². The number of imidazole rings is 1. The van der Waals surface area contributed by atoms with Gasteiger partial charge in [0.25, 0.3) is 0 Å². The summed E-state index contributed by atoms with van der Waals surface area (Å²) in [6.45, 7) is 9.16. The number of nitrogens with zero attached hydrogens (tertiary/aromatic N) is 3. The first-order chi connectivity index (χ1) is 14.7. The summed E-state index contributed by atoms with van der Waals surface area (Å²) >= 11 is 0. The van der Waals surface area contributed by atoms with Gasteiger partial charge in [0, 0.05) is 45.2 Å². The van der Waals surface area contributed by atoms with Crippen molar-refractivity contribution in [3.05, 3.63) is 54.1 Å². The number of halogens is 1. The van der Waals surface area contributed by atoms with E-state index in [9.17, 15) is 0 Å². The molecule has 0 unspecified atom stereocenters. The van der Waals surface area contributed by atoms with Gasteiger partial charge in [0.2, 0.25) is 0 Å². The van der Waals surface area contributed by atoms with Crippen LogP contribution in [0.4, 0.5) is 0 Å². The Morgan fingerprint density at radius 1 is 1.19 bits per heavy atom. The van der Waals surface area contributed by atoms with E-state index in [1.165, 1.54) is 36.8 Å². The van der Waals surface area contributed by atoms with Crippen molar-refractivity contribution in [2.45, 2.75) is 59.0 Å². The molecule has 0 bridgehead atoms. The largest absolute Gasteiger partial charge is 0.382 e. The zero-order valence-electron chi connectivity index (χ0n) is 19.0. The molecule has 1 heterocycles. The van der Waals surface area contributed by atoms with Crippen LogP contribution < -0.4 is 10.6 Å². The molecule has 1 saturated carbocycles. The fourth-order valence-electron chi connectivity index (χ4n) is 4.27. The molecule has 0 aliphatic heterocycles. The molecule has 0 amide bonds. The Hall–Kier alpha value is -1.61. The number of hydrogen-bond acceptors (Lipinski definition) is 3. The Labute approximate surface area is 204 Å². The second-order valence-electron chi connectivity index (χ2n) is 8.26. The first-order valence-electron chi connectivity index (χ1n) is 11.4. The van der Waals surface area contributed by atoms with E-state index in [1.54, 1.807) is 0 Å². The highest BCUT2D eigenvalue weighted by Crippen LogP contribution is 2.40. The summed E-state index contributed by atoms with van der Waals surface area (Å²) in [5, 5.41) is 7.03. The predicted octanol–water partition coefficient (Wildman–Crippen LogP) is 4.59. The monoisotopic (exact) mass is 539 g/mol. The zero-order valence-corrected chi connectivity index (χ0v) is 21.3. The highest BCUT2D eigenvalue weighted by molar-refractivity contribution is 14.0. The van der Waals surface area contributed by atoms with Crippen LogP contribution in [0.1, 0.15) is 57.1 Å². The Morgan fingerprint density at radius 3 is 2.71 bits per heavy atom. The van der Waals surface area contributed by atoms with Crippen molar-refractivity contribution in [1.82, 2.24) is 20.2 Å². The van der Waals surface area contributed by atoms with E-state index in [2.05, 4.69) is 58.3 Å². The number of benzene rings is 1. The van der Waals surface area contributed by atoms with Crippen LogP contribution in [-0.4, -0.2) is 41.8 Å². The molecule has 1 aliphatic carbocycles. The predicted molar refractivity (Wildman–Crippen MR) is 138 cm³/mol. The topological polar surface area (TPSA) is 63.5 Å². The van der Waals surface area contributed by atoms with Crippen molar-refractivity contribution in [1.29, 1.82) is 0 Å². The van der Waals surface area contributed by atoms with Gasteiger partial charge >= 0.3 is 0 Å². The molecule has 1 aromatic heterocycles. The second kappa shape index (κ2) is 13.7. The molecule has 1 fully saturated rings. The average molecular weight is 540 g/mol. The third-order valence-electron chi connectivity index (χ3n) is 5.96. The molecule has 6 nitrogen and oxygen atoms in total. The van der Waals surface area contributed by atoms with Gasteiger partial charge < -0.3 is 19.9 Å². The molecule has 3 rings (SSSR count). The number of ether oxygens (including phenoxy) is 1. The van der Waals surface area contributed by atoms with Crippen molar-refractivity contribution in [2.75, 3.05) is 26.3 Å². The van der Waals surface area contributed by atoms with Crippen LogP contribution in [0.2, 0.25) is 0 Å². The summed E-state index contributed by atoms with van der Waals surface area (Å²) in [5.41, 5.74) is 2.83. The van der Waals surface area contributed by atoms with Crippen LogP contribution in [0, 0.1) is 5.41 Å². The number of guanidine groups is 1. The summed E-state index contributed by atoms with van der Waals surface area (Å²) in [7, 11) is 0. The maximum atomic E-state index is 5.65. The van der Waals surface area contributed by atoms with Crippen molar-refractivity contribution in [2.24, 2.45) is 10.4 Å². The van der Waals surface area contributed by atoms with Gasteiger partial charge in [-0.2, -0.15) is 0 Å². The van der Waals surface area contributed by atoms with E-state index < -0.39 is 0 Å². The SMILES string of the molecule is CCNC(=NCc1cccc(Cn2ccnc2)c1)NCC1(CCOCC)CCCC1.I. The van der Waals surface area contributed by atoms with Crippen LogP contribution in [0.5, 0.6) is 0 Å². The van der Waals surface area contributed by atoms with Crippen molar-refractivity contribution < 1.29 is 4.74 Å². The second-order valence-corrected chi connectivity index (χ2v) is 8.26. The third-order valence-corrected chi connectivity index (χ3v) is 5.96. The molecule has 31 heavy (non-hydrogen) atoms. The molecular weight excluding hydrogens is 501 g/mol. The molecule has 7 heteroatoms. The average Bonchev–Trinajstić information content (AvgIpc) is 3.43. The first kappa shape index (κ1) is 25.6. The summed E-state index contributed by atoms with van der Waals surface area (Å²) in [6, 6.07) is 8.64. The summed E-state index contributed by atoms with van der Waals surface area (Å²) < 4.78 is 7.73. The maximum absolute atomic E-state index is 5.65. The normalized spacial score (nSPS) is 15.5. The Morgan fingerprint density at radius 2 is 2.00 bits per heavy atom. The Balaban J connectivity index is 0.00000341. The van der Waals surface area contributed by atoms with Crippen molar-refractivity contribution in [3.63, 3.8) is 0 Å². The highest BCUT2D eigenvalue weighted by atomic mass is 127. The van der Waals surface area contributed by atoms with Crippen molar-refractivity contribution >= 4 is 29.9 Å². The van der Waals surface area contributed by atoms with Crippen LogP contribution in [0.25, 0.3) is 0 Å². The van der Waals surface area contributed by atoms with E-state index in [0.29, 0.717) is 12.0 Å². The summed E-state index contributed by atoms with van der Waals surface area (Å²) in [4.78, 5) is 8.97. The molecule has 0 saturated heterocycles. The van der Waals surface area contributed by atoms with E-state index in [0.717, 1.165) is 45.2 Å². The van der Waals surface area contributed by atoms with Crippen LogP contribution >= 0.6 is 24.0 Å². The number of aliphatic imine (C=N–C) groups is 1. The molecular formula is C24H38IN5O. The van der Waals surface area contributed by atoms with Gasteiger partial charge in [0.05, 0.1) is 12.9 Å². The molecule has 1 aromatic carbocycles.